The molecule has 2 aromatic rings. The lowest BCUT2D eigenvalue weighted by Gasteiger charge is -2.35. The molecule has 0 bridgehead atoms. The molecular weight excluding hydrogens is 466 g/mol. The summed E-state index contributed by atoms with van der Waals surface area (Å²) in [5.41, 5.74) is 2.40. The number of ether oxygens (including phenoxy) is 1. The van der Waals surface area contributed by atoms with Gasteiger partial charge in [-0.25, -0.2) is 4.79 Å². The fraction of sp³-hybridized carbons (Fsp3) is 0.500. The molecule has 7 heteroatoms. The van der Waals surface area contributed by atoms with Gasteiger partial charge in [-0.15, -0.1) is 0 Å². The first-order valence-electron chi connectivity index (χ1n) is 12.8. The summed E-state index contributed by atoms with van der Waals surface area (Å²) in [6.07, 6.45) is -0.421. The quantitative estimate of drug-likeness (QED) is 0.509. The summed E-state index contributed by atoms with van der Waals surface area (Å²) in [4.78, 5) is 42.1. The maximum Gasteiger partial charge on any atom is 0.408 e. The van der Waals surface area contributed by atoms with E-state index in [0.717, 1.165) is 22.3 Å². The Labute approximate surface area is 222 Å². The van der Waals surface area contributed by atoms with Gasteiger partial charge in [0.2, 0.25) is 11.8 Å². The van der Waals surface area contributed by atoms with Gasteiger partial charge in [-0.05, 0) is 73.4 Å². The second-order valence-electron chi connectivity index (χ2n) is 11.6. The smallest absolute Gasteiger partial charge is 0.408 e. The third-order valence-corrected chi connectivity index (χ3v) is 5.51. The molecule has 0 radical (unpaired) electrons. The van der Waals surface area contributed by atoms with E-state index >= 15 is 0 Å². The number of benzene rings is 2. The highest BCUT2D eigenvalue weighted by Crippen LogP contribution is 2.26. The van der Waals surface area contributed by atoms with Crippen LogP contribution in [0.3, 0.4) is 0 Å². The van der Waals surface area contributed by atoms with Crippen LogP contribution in [0.15, 0.2) is 48.5 Å². The second-order valence-corrected chi connectivity index (χ2v) is 11.6. The monoisotopic (exact) mass is 509 g/mol. The third-order valence-electron chi connectivity index (χ3n) is 5.51. The van der Waals surface area contributed by atoms with Gasteiger partial charge in [0, 0.05) is 18.5 Å². The predicted octanol–water partition coefficient (Wildman–Crippen LogP) is 5.24. The fourth-order valence-corrected chi connectivity index (χ4v) is 4.24. The molecule has 202 valence electrons. The zero-order valence-corrected chi connectivity index (χ0v) is 23.8. The summed E-state index contributed by atoms with van der Waals surface area (Å²) in [5.74, 6) is -0.631. The summed E-state index contributed by atoms with van der Waals surface area (Å²) < 4.78 is 5.46. The molecule has 0 aromatic heterocycles. The molecular formula is C30H43N3O4. The van der Waals surface area contributed by atoms with Crippen LogP contribution < -0.4 is 10.6 Å². The highest BCUT2D eigenvalue weighted by Gasteiger charge is 2.36. The van der Waals surface area contributed by atoms with Crippen LogP contribution in [0.4, 0.5) is 4.79 Å². The minimum atomic E-state index is -0.923. The molecule has 2 rings (SSSR count). The molecule has 0 saturated carbocycles. The minimum Gasteiger partial charge on any atom is -0.444 e. The van der Waals surface area contributed by atoms with Crippen LogP contribution >= 0.6 is 0 Å². The number of rotatable bonds is 8. The molecule has 0 aliphatic carbocycles. The number of hydrogen-bond acceptors (Lipinski definition) is 4. The molecule has 7 nitrogen and oxygen atoms in total. The Morgan fingerprint density at radius 1 is 0.919 bits per heavy atom. The van der Waals surface area contributed by atoms with Gasteiger partial charge in [0.15, 0.2) is 0 Å². The summed E-state index contributed by atoms with van der Waals surface area (Å²) in [6, 6.07) is 13.6. The van der Waals surface area contributed by atoms with E-state index in [0.29, 0.717) is 0 Å². The van der Waals surface area contributed by atoms with E-state index in [-0.39, 0.29) is 24.8 Å². The number of alkyl carbamates (subject to hydrolysis) is 1. The van der Waals surface area contributed by atoms with Crippen molar-refractivity contribution in [1.82, 2.24) is 15.5 Å². The zero-order chi connectivity index (χ0) is 28.0. The molecule has 0 fully saturated rings. The molecule has 2 aromatic carbocycles. The topological polar surface area (TPSA) is 87.7 Å². The van der Waals surface area contributed by atoms with E-state index in [9.17, 15) is 14.4 Å². The largest absolute Gasteiger partial charge is 0.444 e. The average molecular weight is 510 g/mol. The van der Waals surface area contributed by atoms with Crippen molar-refractivity contribution < 1.29 is 19.1 Å². The lowest BCUT2D eigenvalue weighted by Crippen LogP contribution is -2.55. The van der Waals surface area contributed by atoms with Gasteiger partial charge >= 0.3 is 6.09 Å². The Hall–Kier alpha value is -3.35. The number of likely N-dealkylation sites (N-methyl/N-ethyl adjacent to an activating group) is 1. The number of hydrogen-bond donors (Lipinski definition) is 2. The Morgan fingerprint density at radius 3 is 1.97 bits per heavy atom. The molecule has 2 unspecified atom stereocenters. The van der Waals surface area contributed by atoms with Gasteiger partial charge < -0.3 is 20.3 Å². The van der Waals surface area contributed by atoms with Crippen molar-refractivity contribution in [1.29, 1.82) is 0 Å². The molecule has 0 aliphatic heterocycles. The van der Waals surface area contributed by atoms with Crippen molar-refractivity contribution in [2.24, 2.45) is 0 Å². The second kappa shape index (κ2) is 12.3. The number of nitrogens with one attached hydrogen (secondary N) is 2. The maximum absolute atomic E-state index is 14.1. The van der Waals surface area contributed by atoms with Crippen LogP contribution in [0.2, 0.25) is 0 Å². The molecule has 0 spiro atoms. The van der Waals surface area contributed by atoms with E-state index in [2.05, 4.69) is 10.6 Å². The van der Waals surface area contributed by atoms with Gasteiger partial charge in [0.25, 0.3) is 0 Å². The molecule has 3 amide bonds. The van der Waals surface area contributed by atoms with Crippen LogP contribution in [-0.2, 0) is 20.7 Å². The van der Waals surface area contributed by atoms with Crippen molar-refractivity contribution in [2.75, 3.05) is 6.54 Å². The van der Waals surface area contributed by atoms with E-state index in [4.69, 9.17) is 4.74 Å². The molecule has 0 aliphatic rings. The van der Waals surface area contributed by atoms with Gasteiger partial charge in [-0.3, -0.25) is 9.59 Å². The number of aryl methyl sites for hydroxylation is 2. The first-order valence-corrected chi connectivity index (χ1v) is 12.8. The summed E-state index contributed by atoms with van der Waals surface area (Å²) in [5, 5.41) is 5.81. The first-order chi connectivity index (χ1) is 17.1. The van der Waals surface area contributed by atoms with Gasteiger partial charge in [-0.2, -0.15) is 0 Å². The average Bonchev–Trinajstić information content (AvgIpc) is 2.73. The standard InChI is InChI=1S/C30H43N3O4/c1-10-33(25(26(34)32-29(4,5)6)23-17-20(2)16-21(3)18-23)27(35)24(19-22-14-12-11-13-15-22)31-28(36)37-30(7,8)9/h11-18,24-25H,10,19H2,1-9H3,(H,31,36)(H,32,34). The van der Waals surface area contributed by atoms with E-state index < -0.39 is 29.3 Å². The van der Waals surface area contributed by atoms with E-state index in [1.807, 2.05) is 90.1 Å². The Bertz CT molecular complexity index is 1060. The fourth-order valence-electron chi connectivity index (χ4n) is 4.24. The summed E-state index contributed by atoms with van der Waals surface area (Å²) >= 11 is 0. The Kier molecular flexibility index (Phi) is 9.90. The zero-order valence-electron chi connectivity index (χ0n) is 23.8. The number of carbonyl (C=O) groups is 3. The van der Waals surface area contributed by atoms with E-state index in [1.54, 1.807) is 25.7 Å². The van der Waals surface area contributed by atoms with E-state index in [1.165, 1.54) is 0 Å². The van der Waals surface area contributed by atoms with Crippen molar-refractivity contribution in [2.45, 2.75) is 92.0 Å². The summed E-state index contributed by atoms with van der Waals surface area (Å²) in [6.45, 7) is 17.1. The predicted molar refractivity (Wildman–Crippen MR) is 147 cm³/mol. The minimum absolute atomic E-state index is 0.260. The van der Waals surface area contributed by atoms with Crippen LogP contribution in [-0.4, -0.2) is 46.5 Å². The van der Waals surface area contributed by atoms with Crippen LogP contribution in [0.1, 0.15) is 76.8 Å². The SMILES string of the molecule is CCN(C(=O)C(Cc1ccccc1)NC(=O)OC(C)(C)C)C(C(=O)NC(C)(C)C)c1cc(C)cc(C)c1. The van der Waals surface area contributed by atoms with Crippen LogP contribution in [0, 0.1) is 13.8 Å². The van der Waals surface area contributed by atoms with Crippen molar-refractivity contribution in [3.63, 3.8) is 0 Å². The number of carbonyl (C=O) groups excluding carboxylic acids is 3. The van der Waals surface area contributed by atoms with Gasteiger partial charge in [0.1, 0.15) is 17.7 Å². The molecule has 2 atom stereocenters. The molecule has 2 N–H and O–H groups in total. The maximum atomic E-state index is 14.1. The van der Waals surface area contributed by atoms with Gasteiger partial charge in [0.05, 0.1) is 0 Å². The number of nitrogens with zero attached hydrogens (tertiary/aromatic N) is 1. The van der Waals surface area contributed by atoms with Crippen molar-refractivity contribution in [3.8, 4) is 0 Å². The number of amides is 3. The Morgan fingerprint density at radius 2 is 1.49 bits per heavy atom. The molecule has 37 heavy (non-hydrogen) atoms. The first kappa shape index (κ1) is 29.9. The normalized spacial score (nSPS) is 13.3. The van der Waals surface area contributed by atoms with Gasteiger partial charge in [-0.1, -0.05) is 59.7 Å². The van der Waals surface area contributed by atoms with Crippen molar-refractivity contribution in [3.05, 3.63) is 70.8 Å². The lowest BCUT2D eigenvalue weighted by molar-refractivity contribution is -0.142. The molecule has 0 saturated heterocycles. The lowest BCUT2D eigenvalue weighted by atomic mass is 9.96. The highest BCUT2D eigenvalue weighted by atomic mass is 16.6. The third kappa shape index (κ3) is 9.56. The summed E-state index contributed by atoms with van der Waals surface area (Å²) in [7, 11) is 0. The van der Waals surface area contributed by atoms with Crippen LogP contribution in [0.5, 0.6) is 0 Å². The van der Waals surface area contributed by atoms with Crippen LogP contribution in [0.25, 0.3) is 0 Å². The Balaban J connectivity index is 2.53. The van der Waals surface area contributed by atoms with Crippen molar-refractivity contribution >= 4 is 17.9 Å². The molecule has 0 heterocycles. The highest BCUT2D eigenvalue weighted by molar-refractivity contribution is 5.92.